The molecule has 1 unspecified atom stereocenters. The topological polar surface area (TPSA) is 60.2 Å². The predicted molar refractivity (Wildman–Crippen MR) is 120 cm³/mol. The fourth-order valence-electron chi connectivity index (χ4n) is 4.99. The smallest absolute Gasteiger partial charge is 0.309 e. The Morgan fingerprint density at radius 2 is 2.10 bits per heavy atom. The van der Waals surface area contributed by atoms with Gasteiger partial charge in [-0.1, -0.05) is 18.2 Å². The van der Waals surface area contributed by atoms with Crippen LogP contribution in [0.2, 0.25) is 0 Å². The van der Waals surface area contributed by atoms with Gasteiger partial charge in [0, 0.05) is 18.0 Å². The van der Waals surface area contributed by atoms with Gasteiger partial charge in [0.15, 0.2) is 0 Å². The zero-order valence-corrected chi connectivity index (χ0v) is 18.7. The fourth-order valence-corrected chi connectivity index (χ4v) is 5.64. The molecule has 6 nitrogen and oxygen atoms in total. The second-order valence-corrected chi connectivity index (χ2v) is 9.08. The third kappa shape index (κ3) is 3.10. The van der Waals surface area contributed by atoms with E-state index in [2.05, 4.69) is 64.7 Å². The molecule has 150 valence electrons. The molecule has 2 aliphatic heterocycles. The van der Waals surface area contributed by atoms with E-state index in [1.165, 1.54) is 12.7 Å². The maximum absolute atomic E-state index is 12.1. The van der Waals surface area contributed by atoms with Gasteiger partial charge in [-0.2, -0.15) is 5.10 Å². The van der Waals surface area contributed by atoms with E-state index < -0.39 is 0 Å². The molecule has 2 bridgehead atoms. The molecule has 4 heterocycles. The normalized spacial score (nSPS) is 23.6. The Kier molecular flexibility index (Phi) is 4.72. The molecule has 1 saturated carbocycles. The van der Waals surface area contributed by atoms with Gasteiger partial charge in [-0.3, -0.25) is 4.79 Å². The second-order valence-electron chi connectivity index (χ2n) is 8.06. The van der Waals surface area contributed by atoms with E-state index in [-0.39, 0.29) is 11.9 Å². The summed E-state index contributed by atoms with van der Waals surface area (Å²) in [6.07, 6.45) is 4.98. The van der Waals surface area contributed by atoms with Crippen LogP contribution in [0.15, 0.2) is 36.5 Å². The highest BCUT2D eigenvalue weighted by molar-refractivity contribution is 14.1. The van der Waals surface area contributed by atoms with E-state index in [0.29, 0.717) is 12.0 Å². The number of methoxy groups -OCH3 is 1. The van der Waals surface area contributed by atoms with E-state index in [9.17, 15) is 4.79 Å². The molecule has 3 aromatic rings. The van der Waals surface area contributed by atoms with Gasteiger partial charge in [0.05, 0.1) is 30.4 Å². The van der Waals surface area contributed by atoms with Gasteiger partial charge in [-0.25, -0.2) is 9.67 Å². The summed E-state index contributed by atoms with van der Waals surface area (Å²) in [4.78, 5) is 19.2. The van der Waals surface area contributed by atoms with Crippen LogP contribution in [0.3, 0.4) is 0 Å². The highest BCUT2D eigenvalue weighted by atomic mass is 127. The molecule has 2 aromatic heterocycles. The van der Waals surface area contributed by atoms with Crippen LogP contribution in [0, 0.1) is 22.5 Å². The van der Waals surface area contributed by atoms with Gasteiger partial charge in [0.25, 0.3) is 0 Å². The van der Waals surface area contributed by atoms with Crippen molar-refractivity contribution in [2.75, 3.05) is 18.6 Å². The molecule has 0 radical (unpaired) electrons. The maximum Gasteiger partial charge on any atom is 0.309 e. The standard InChI is InChI=1S/C22H23IN4O2/c1-13-4-3-5-17-20(13)27(25-21(17)23)16-8-9-19(24-11-16)26-12-14-6-7-15(26)10-18(14)22(28)29-2/h3-5,8-9,11,14-15,18H,6-7,10,12H2,1-2H3/t14-,15?,18-/m1/s1. The quantitative estimate of drug-likeness (QED) is 0.399. The van der Waals surface area contributed by atoms with E-state index in [1.807, 2.05) is 10.9 Å². The van der Waals surface area contributed by atoms with Crippen molar-refractivity contribution in [3.05, 3.63) is 45.8 Å². The molecule has 0 spiro atoms. The molecular formula is C22H23IN4O2. The third-order valence-corrected chi connectivity index (χ3v) is 7.27. The fraction of sp³-hybridized carbons (Fsp3) is 0.409. The number of nitrogens with zero attached hydrogens (tertiary/aromatic N) is 4. The Morgan fingerprint density at radius 1 is 1.24 bits per heavy atom. The zero-order valence-electron chi connectivity index (χ0n) is 16.5. The summed E-state index contributed by atoms with van der Waals surface area (Å²) in [5.74, 6) is 1.32. The van der Waals surface area contributed by atoms with Gasteiger partial charge >= 0.3 is 5.97 Å². The molecule has 3 fully saturated rings. The number of hydrogen-bond donors (Lipinski definition) is 0. The van der Waals surface area contributed by atoms with Crippen LogP contribution in [0.25, 0.3) is 16.6 Å². The van der Waals surface area contributed by atoms with Gasteiger partial charge in [0.1, 0.15) is 9.52 Å². The molecule has 1 aliphatic carbocycles. The Hall–Kier alpha value is -2.16. The van der Waals surface area contributed by atoms with Crippen molar-refractivity contribution >= 4 is 45.3 Å². The summed E-state index contributed by atoms with van der Waals surface area (Å²) >= 11 is 2.29. The number of aryl methyl sites for hydroxylation is 1. The summed E-state index contributed by atoms with van der Waals surface area (Å²) in [6.45, 7) is 2.99. The highest BCUT2D eigenvalue weighted by Crippen LogP contribution is 2.41. The first-order chi connectivity index (χ1) is 14.1. The van der Waals surface area contributed by atoms with E-state index in [1.54, 1.807) is 0 Å². The third-order valence-electron chi connectivity index (χ3n) is 6.47. The van der Waals surface area contributed by atoms with Crippen LogP contribution in [0.5, 0.6) is 0 Å². The number of para-hydroxylation sites is 1. The van der Waals surface area contributed by atoms with E-state index in [0.717, 1.165) is 51.9 Å². The monoisotopic (exact) mass is 502 g/mol. The second kappa shape index (κ2) is 7.27. The van der Waals surface area contributed by atoms with Crippen LogP contribution in [-0.4, -0.2) is 40.4 Å². The van der Waals surface area contributed by atoms with Crippen LogP contribution >= 0.6 is 22.6 Å². The number of piperidine rings is 2. The van der Waals surface area contributed by atoms with Crippen molar-refractivity contribution < 1.29 is 9.53 Å². The number of ether oxygens (including phenoxy) is 1. The SMILES string of the molecule is COC(=O)[C@@H]1CC2CC[C@@H]1CN2c1ccc(-n2nc(I)c3cccc(C)c32)cn1. The molecule has 7 heteroatoms. The van der Waals surface area contributed by atoms with Gasteiger partial charge in [-0.05, 0) is 72.4 Å². The van der Waals surface area contributed by atoms with Crippen molar-refractivity contribution in [2.24, 2.45) is 11.8 Å². The minimum Gasteiger partial charge on any atom is -0.469 e. The lowest BCUT2D eigenvalue weighted by Gasteiger charge is -2.49. The molecule has 0 N–H and O–H groups in total. The first-order valence-corrected chi connectivity index (χ1v) is 11.1. The summed E-state index contributed by atoms with van der Waals surface area (Å²) in [5.41, 5.74) is 3.29. The zero-order chi connectivity index (χ0) is 20.1. The minimum atomic E-state index is -0.0572. The lowest BCUT2D eigenvalue weighted by molar-refractivity contribution is -0.149. The molecule has 3 aliphatic rings. The molecular weight excluding hydrogens is 479 g/mol. The van der Waals surface area contributed by atoms with Crippen molar-refractivity contribution in [1.29, 1.82) is 0 Å². The maximum atomic E-state index is 12.1. The lowest BCUT2D eigenvalue weighted by Crippen LogP contribution is -2.54. The Balaban J connectivity index is 1.43. The molecule has 29 heavy (non-hydrogen) atoms. The van der Waals surface area contributed by atoms with Crippen molar-refractivity contribution in [1.82, 2.24) is 14.8 Å². The number of rotatable bonds is 3. The predicted octanol–water partition coefficient (Wildman–Crippen LogP) is 4.11. The number of anilines is 1. The first-order valence-electron chi connectivity index (χ1n) is 10.0. The number of pyridine rings is 1. The number of hydrogen-bond acceptors (Lipinski definition) is 5. The largest absolute Gasteiger partial charge is 0.469 e. The molecule has 1 aromatic carbocycles. The minimum absolute atomic E-state index is 0.0368. The number of carbonyl (C=O) groups excluding carboxylic acids is 1. The number of aromatic nitrogens is 3. The number of esters is 1. The van der Waals surface area contributed by atoms with Gasteiger partial charge < -0.3 is 9.64 Å². The number of fused-ring (bicyclic) bond motifs is 4. The molecule has 3 atom stereocenters. The summed E-state index contributed by atoms with van der Waals surface area (Å²) in [7, 11) is 1.49. The van der Waals surface area contributed by atoms with Crippen LogP contribution in [-0.2, 0) is 9.53 Å². The Bertz CT molecular complexity index is 1080. The van der Waals surface area contributed by atoms with Gasteiger partial charge in [0.2, 0.25) is 0 Å². The number of halogens is 1. The first kappa shape index (κ1) is 18.8. The molecule has 0 amide bonds. The number of benzene rings is 1. The van der Waals surface area contributed by atoms with Crippen molar-refractivity contribution in [3.8, 4) is 5.69 Å². The van der Waals surface area contributed by atoms with Gasteiger partial charge in [-0.15, -0.1) is 0 Å². The Morgan fingerprint density at radius 3 is 2.79 bits per heavy atom. The highest BCUT2D eigenvalue weighted by Gasteiger charge is 2.44. The van der Waals surface area contributed by atoms with Crippen molar-refractivity contribution in [2.45, 2.75) is 32.2 Å². The summed E-state index contributed by atoms with van der Waals surface area (Å²) in [5, 5.41) is 5.90. The molecule has 6 rings (SSSR count). The Labute approximate surface area is 183 Å². The molecule has 2 saturated heterocycles. The number of carbonyl (C=O) groups is 1. The van der Waals surface area contributed by atoms with Crippen LogP contribution < -0.4 is 4.90 Å². The van der Waals surface area contributed by atoms with Crippen LogP contribution in [0.4, 0.5) is 5.82 Å². The van der Waals surface area contributed by atoms with Crippen molar-refractivity contribution in [3.63, 3.8) is 0 Å². The van der Waals surface area contributed by atoms with Crippen LogP contribution in [0.1, 0.15) is 24.8 Å². The average molecular weight is 502 g/mol. The summed E-state index contributed by atoms with van der Waals surface area (Å²) in [6, 6.07) is 10.8. The average Bonchev–Trinajstić information content (AvgIpc) is 3.11. The van der Waals surface area contributed by atoms with E-state index >= 15 is 0 Å². The summed E-state index contributed by atoms with van der Waals surface area (Å²) < 4.78 is 7.99. The lowest BCUT2D eigenvalue weighted by atomic mass is 9.72. The van der Waals surface area contributed by atoms with E-state index in [4.69, 9.17) is 14.8 Å².